The minimum Gasteiger partial charge on any atom is -0.478 e. The molecule has 2 heterocycles. The molecule has 0 spiro atoms. The van der Waals surface area contributed by atoms with Crippen LogP contribution in [-0.2, 0) is 0 Å². The van der Waals surface area contributed by atoms with Gasteiger partial charge in [0.15, 0.2) is 0 Å². The first kappa shape index (κ1) is 13.0. The van der Waals surface area contributed by atoms with Crippen molar-refractivity contribution in [2.75, 3.05) is 0 Å². The van der Waals surface area contributed by atoms with E-state index in [4.69, 9.17) is 9.63 Å². The number of carbonyl (C=O) groups is 1. The Labute approximate surface area is 120 Å². The number of aromatic carboxylic acids is 1. The molecule has 6 heteroatoms. The molecule has 0 fully saturated rings. The molecule has 0 aliphatic rings. The number of rotatable bonds is 3. The van der Waals surface area contributed by atoms with Crippen LogP contribution < -0.4 is 0 Å². The Morgan fingerprint density at radius 3 is 2.52 bits per heavy atom. The number of aromatic nitrogens is 3. The van der Waals surface area contributed by atoms with E-state index in [0.29, 0.717) is 23.0 Å². The third-order valence-electron chi connectivity index (χ3n) is 2.92. The van der Waals surface area contributed by atoms with Crippen LogP contribution in [0.2, 0.25) is 0 Å². The van der Waals surface area contributed by atoms with Crippen molar-refractivity contribution in [1.82, 2.24) is 15.1 Å². The predicted octanol–water partition coefficient (Wildman–Crippen LogP) is 2.81. The molecular formula is C15H11N3O3. The number of benzene rings is 1. The molecule has 0 aliphatic heterocycles. The van der Waals surface area contributed by atoms with Gasteiger partial charge in [-0.3, -0.25) is 0 Å². The molecule has 104 valence electrons. The second-order valence-electron chi connectivity index (χ2n) is 4.47. The molecule has 0 unspecified atom stereocenters. The van der Waals surface area contributed by atoms with E-state index in [1.54, 1.807) is 18.2 Å². The van der Waals surface area contributed by atoms with Crippen LogP contribution in [0.4, 0.5) is 0 Å². The van der Waals surface area contributed by atoms with E-state index in [1.165, 1.54) is 12.1 Å². The van der Waals surface area contributed by atoms with Crippen LogP contribution in [0, 0.1) is 6.92 Å². The van der Waals surface area contributed by atoms with Crippen LogP contribution in [0.3, 0.4) is 0 Å². The molecule has 6 nitrogen and oxygen atoms in total. The Morgan fingerprint density at radius 2 is 1.86 bits per heavy atom. The number of hydrogen-bond donors (Lipinski definition) is 1. The van der Waals surface area contributed by atoms with Crippen molar-refractivity contribution in [2.45, 2.75) is 6.92 Å². The molecule has 0 saturated carbocycles. The molecule has 0 saturated heterocycles. The van der Waals surface area contributed by atoms with E-state index in [9.17, 15) is 4.79 Å². The number of nitrogens with zero attached hydrogens (tertiary/aromatic N) is 3. The summed E-state index contributed by atoms with van der Waals surface area (Å²) in [4.78, 5) is 19.4. The summed E-state index contributed by atoms with van der Waals surface area (Å²) in [5.41, 5.74) is 2.36. The first-order chi connectivity index (χ1) is 10.1. The Morgan fingerprint density at radius 1 is 1.10 bits per heavy atom. The third-order valence-corrected chi connectivity index (χ3v) is 2.92. The molecule has 0 aliphatic carbocycles. The maximum Gasteiger partial charge on any atom is 0.335 e. The summed E-state index contributed by atoms with van der Waals surface area (Å²) in [6.45, 7) is 1.88. The first-order valence-corrected chi connectivity index (χ1v) is 6.25. The molecule has 0 amide bonds. The zero-order valence-electron chi connectivity index (χ0n) is 11.1. The van der Waals surface area contributed by atoms with E-state index >= 15 is 0 Å². The highest BCUT2D eigenvalue weighted by Gasteiger charge is 2.12. The smallest absolute Gasteiger partial charge is 0.335 e. The van der Waals surface area contributed by atoms with Crippen LogP contribution in [0.5, 0.6) is 0 Å². The van der Waals surface area contributed by atoms with E-state index in [1.807, 2.05) is 19.1 Å². The first-order valence-electron chi connectivity index (χ1n) is 6.25. The fourth-order valence-corrected chi connectivity index (χ4v) is 1.87. The van der Waals surface area contributed by atoms with Crippen molar-refractivity contribution in [1.29, 1.82) is 0 Å². The lowest BCUT2D eigenvalue weighted by Crippen LogP contribution is -1.95. The van der Waals surface area contributed by atoms with E-state index < -0.39 is 5.97 Å². The highest BCUT2D eigenvalue weighted by molar-refractivity contribution is 5.88. The van der Waals surface area contributed by atoms with Gasteiger partial charge in [0.1, 0.15) is 5.69 Å². The van der Waals surface area contributed by atoms with Crippen LogP contribution in [0.15, 0.2) is 47.0 Å². The normalized spacial score (nSPS) is 10.5. The fraction of sp³-hybridized carbons (Fsp3) is 0.0667. The lowest BCUT2D eigenvalue weighted by atomic mass is 10.1. The van der Waals surface area contributed by atoms with Gasteiger partial charge in [0.25, 0.3) is 5.89 Å². The van der Waals surface area contributed by atoms with Crippen molar-refractivity contribution in [2.24, 2.45) is 0 Å². The molecule has 1 aromatic carbocycles. The van der Waals surface area contributed by atoms with E-state index in [0.717, 1.165) is 5.69 Å². The largest absolute Gasteiger partial charge is 0.478 e. The lowest BCUT2D eigenvalue weighted by Gasteiger charge is -1.96. The van der Waals surface area contributed by atoms with Crippen LogP contribution in [0.25, 0.3) is 23.0 Å². The van der Waals surface area contributed by atoms with Gasteiger partial charge in [-0.2, -0.15) is 4.98 Å². The highest BCUT2D eigenvalue weighted by Crippen LogP contribution is 2.21. The van der Waals surface area contributed by atoms with E-state index in [2.05, 4.69) is 15.1 Å². The minimum absolute atomic E-state index is 0.207. The van der Waals surface area contributed by atoms with Crippen LogP contribution in [0.1, 0.15) is 16.1 Å². The summed E-state index contributed by atoms with van der Waals surface area (Å²) in [6, 6.07) is 11.8. The summed E-state index contributed by atoms with van der Waals surface area (Å²) < 4.78 is 5.20. The Bertz CT molecular complexity index is 794. The highest BCUT2D eigenvalue weighted by atomic mass is 16.5. The van der Waals surface area contributed by atoms with Gasteiger partial charge in [-0.25, -0.2) is 9.78 Å². The SMILES string of the molecule is Cc1cccc(-c2noc(-c3ccc(C(=O)O)cc3)n2)n1. The Balaban J connectivity index is 1.93. The second-order valence-corrected chi connectivity index (χ2v) is 4.47. The van der Waals surface area contributed by atoms with Gasteiger partial charge in [-0.15, -0.1) is 0 Å². The second kappa shape index (κ2) is 5.16. The van der Waals surface area contributed by atoms with Gasteiger partial charge in [0, 0.05) is 11.3 Å². The van der Waals surface area contributed by atoms with Crippen LogP contribution >= 0.6 is 0 Å². The number of hydrogen-bond acceptors (Lipinski definition) is 5. The molecule has 3 aromatic rings. The van der Waals surface area contributed by atoms with Crippen molar-refractivity contribution in [3.63, 3.8) is 0 Å². The monoisotopic (exact) mass is 281 g/mol. The summed E-state index contributed by atoms with van der Waals surface area (Å²) >= 11 is 0. The van der Waals surface area contributed by atoms with E-state index in [-0.39, 0.29) is 5.56 Å². The van der Waals surface area contributed by atoms with Gasteiger partial charge >= 0.3 is 5.97 Å². The number of carboxylic acids is 1. The molecule has 0 radical (unpaired) electrons. The Hall–Kier alpha value is -3.02. The summed E-state index contributed by atoms with van der Waals surface area (Å²) in [5.74, 6) is -0.252. The number of aryl methyl sites for hydroxylation is 1. The third kappa shape index (κ3) is 2.64. The molecule has 3 rings (SSSR count). The number of carboxylic acid groups (broad SMARTS) is 1. The van der Waals surface area contributed by atoms with Gasteiger partial charge < -0.3 is 9.63 Å². The van der Waals surface area contributed by atoms with Gasteiger partial charge in [-0.05, 0) is 43.3 Å². The van der Waals surface area contributed by atoms with Crippen molar-refractivity contribution in [3.05, 3.63) is 53.7 Å². The average Bonchev–Trinajstić information content (AvgIpc) is 2.97. The molecule has 2 aromatic heterocycles. The average molecular weight is 281 g/mol. The van der Waals surface area contributed by atoms with Crippen molar-refractivity contribution >= 4 is 5.97 Å². The summed E-state index contributed by atoms with van der Waals surface area (Å²) in [5, 5.41) is 12.8. The molecule has 1 N–H and O–H groups in total. The maximum absolute atomic E-state index is 10.8. The topological polar surface area (TPSA) is 89.1 Å². The molecule has 0 atom stereocenters. The molecule has 21 heavy (non-hydrogen) atoms. The zero-order valence-corrected chi connectivity index (χ0v) is 11.1. The molecule has 0 bridgehead atoms. The predicted molar refractivity (Wildman–Crippen MR) is 74.7 cm³/mol. The van der Waals surface area contributed by atoms with Gasteiger partial charge in [0.05, 0.1) is 5.56 Å². The maximum atomic E-state index is 10.8. The fourth-order valence-electron chi connectivity index (χ4n) is 1.87. The van der Waals surface area contributed by atoms with Crippen molar-refractivity contribution in [3.8, 4) is 23.0 Å². The van der Waals surface area contributed by atoms with Crippen molar-refractivity contribution < 1.29 is 14.4 Å². The molecular weight excluding hydrogens is 270 g/mol. The lowest BCUT2D eigenvalue weighted by molar-refractivity contribution is 0.0697. The summed E-state index contributed by atoms with van der Waals surface area (Å²) in [6.07, 6.45) is 0. The quantitative estimate of drug-likeness (QED) is 0.794. The minimum atomic E-state index is -0.975. The standard InChI is InChI=1S/C15H11N3O3/c1-9-3-2-4-12(16-9)13-17-14(21-18-13)10-5-7-11(8-6-10)15(19)20/h2-8H,1H3,(H,19,20). The van der Waals surface area contributed by atoms with Gasteiger partial charge in [-0.1, -0.05) is 11.2 Å². The van der Waals surface area contributed by atoms with Crippen LogP contribution in [-0.4, -0.2) is 26.2 Å². The number of pyridine rings is 1. The van der Waals surface area contributed by atoms with Gasteiger partial charge in [0.2, 0.25) is 5.82 Å². The zero-order chi connectivity index (χ0) is 14.8. The Kier molecular flexibility index (Phi) is 3.19. The summed E-state index contributed by atoms with van der Waals surface area (Å²) in [7, 11) is 0.